The Kier molecular flexibility index (Phi) is 10.8. The molecule has 4 aromatic rings. The lowest BCUT2D eigenvalue weighted by Gasteiger charge is -2.35. The highest BCUT2D eigenvalue weighted by Gasteiger charge is 2.32. The normalized spacial score (nSPS) is 13.5. The molecule has 0 amide bonds. The molecule has 1 unspecified atom stereocenters. The average Bonchev–Trinajstić information content (AvgIpc) is 2.98. The molecule has 0 bridgehead atoms. The van der Waals surface area contributed by atoms with Gasteiger partial charge in [0.1, 0.15) is 17.1 Å². The van der Waals surface area contributed by atoms with Gasteiger partial charge >= 0.3 is 5.97 Å². The average molecular weight is 645 g/mol. The van der Waals surface area contributed by atoms with Gasteiger partial charge in [-0.3, -0.25) is 0 Å². The number of rotatable bonds is 9. The largest absolute Gasteiger partial charge is 0.488 e. The number of ether oxygens (including phenoxy) is 2. The number of benzene rings is 4. The molecule has 0 saturated carbocycles. The van der Waals surface area contributed by atoms with Gasteiger partial charge < -0.3 is 9.47 Å². The van der Waals surface area contributed by atoms with E-state index in [1.807, 2.05) is 38.1 Å². The maximum atomic E-state index is 13.3. The van der Waals surface area contributed by atoms with Crippen LogP contribution in [0.3, 0.4) is 0 Å². The van der Waals surface area contributed by atoms with Crippen LogP contribution in [-0.4, -0.2) is 11.6 Å². The Bertz CT molecular complexity index is 1730. The molecule has 0 aliphatic carbocycles. The van der Waals surface area contributed by atoms with Crippen molar-refractivity contribution in [2.24, 2.45) is 5.92 Å². The van der Waals surface area contributed by atoms with Gasteiger partial charge in [-0.2, -0.15) is 0 Å². The molecule has 0 aliphatic rings. The summed E-state index contributed by atoms with van der Waals surface area (Å²) in [5.74, 6) is 1.71. The third-order valence-corrected chi connectivity index (χ3v) is 9.01. The van der Waals surface area contributed by atoms with Crippen LogP contribution in [0.4, 0.5) is 0 Å². The van der Waals surface area contributed by atoms with Crippen LogP contribution in [-0.2, 0) is 10.8 Å². The number of hydrogen-bond donors (Lipinski definition) is 0. The fraction of sp³-hybridized carbons (Fsp3) is 0.400. The second-order valence-electron chi connectivity index (χ2n) is 16.2. The van der Waals surface area contributed by atoms with Gasteiger partial charge in [0.25, 0.3) is 0 Å². The van der Waals surface area contributed by atoms with Crippen molar-refractivity contribution in [1.29, 1.82) is 0 Å². The second kappa shape index (κ2) is 14.2. The van der Waals surface area contributed by atoms with Gasteiger partial charge in [-0.25, -0.2) is 4.79 Å². The van der Waals surface area contributed by atoms with E-state index in [-0.39, 0.29) is 22.4 Å². The van der Waals surface area contributed by atoms with Crippen LogP contribution in [0.5, 0.6) is 11.5 Å². The van der Waals surface area contributed by atoms with Crippen molar-refractivity contribution in [3.8, 4) is 11.5 Å². The molecular formula is C45H56O3. The smallest absolute Gasteiger partial charge is 0.343 e. The van der Waals surface area contributed by atoms with Crippen LogP contribution < -0.4 is 9.47 Å². The van der Waals surface area contributed by atoms with Crippen LogP contribution in [0.25, 0.3) is 12.2 Å². The second-order valence-corrected chi connectivity index (χ2v) is 16.2. The van der Waals surface area contributed by atoms with E-state index >= 15 is 0 Å². The van der Waals surface area contributed by atoms with E-state index in [1.54, 1.807) is 0 Å². The Labute approximate surface area is 290 Å². The van der Waals surface area contributed by atoms with Crippen LogP contribution >= 0.6 is 0 Å². The molecule has 0 saturated heterocycles. The van der Waals surface area contributed by atoms with Gasteiger partial charge in [-0.15, -0.1) is 0 Å². The molecule has 254 valence electrons. The third-order valence-electron chi connectivity index (χ3n) is 9.01. The predicted octanol–water partition coefficient (Wildman–Crippen LogP) is 12.1. The summed E-state index contributed by atoms with van der Waals surface area (Å²) in [5, 5.41) is 0. The number of carbonyl (C=O) groups is 1. The molecule has 48 heavy (non-hydrogen) atoms. The Morgan fingerprint density at radius 3 is 1.44 bits per heavy atom. The zero-order valence-electron chi connectivity index (χ0n) is 31.6. The van der Waals surface area contributed by atoms with E-state index in [2.05, 4.69) is 137 Å². The fourth-order valence-corrected chi connectivity index (χ4v) is 6.55. The van der Waals surface area contributed by atoms with Gasteiger partial charge in [0.15, 0.2) is 0 Å². The maximum Gasteiger partial charge on any atom is 0.343 e. The summed E-state index contributed by atoms with van der Waals surface area (Å²) in [5.41, 5.74) is 10.3. The van der Waals surface area contributed by atoms with E-state index in [9.17, 15) is 4.79 Å². The molecule has 4 aromatic carbocycles. The Morgan fingerprint density at radius 2 is 1.04 bits per heavy atom. The molecule has 1 atom stereocenters. The standard InChI is InChI=1S/C45H56O3/c1-29(2)28-45(13,39-26-32(5)41(33(6)27-39)48-44(10,11)12)38-24-30(3)40(31(4)25-38)47-42(46)36-20-16-34(17-21-36)14-15-35-18-22-37(23-19-35)43(7,8)9/h14-27,29H,28H2,1-13H3. The van der Waals surface area contributed by atoms with Crippen molar-refractivity contribution in [2.45, 2.75) is 113 Å². The molecule has 3 nitrogen and oxygen atoms in total. The lowest BCUT2D eigenvalue weighted by molar-refractivity contribution is 0.0732. The van der Waals surface area contributed by atoms with Crippen molar-refractivity contribution in [3.05, 3.63) is 128 Å². The molecule has 0 aromatic heterocycles. The lowest BCUT2D eigenvalue weighted by atomic mass is 9.70. The van der Waals surface area contributed by atoms with Crippen molar-refractivity contribution in [3.63, 3.8) is 0 Å². The number of hydrogen-bond acceptors (Lipinski definition) is 3. The maximum absolute atomic E-state index is 13.3. The molecule has 0 N–H and O–H groups in total. The van der Waals surface area contributed by atoms with Crippen LogP contribution in [0.2, 0.25) is 0 Å². The van der Waals surface area contributed by atoms with Crippen molar-refractivity contribution < 1.29 is 14.3 Å². The van der Waals surface area contributed by atoms with Gasteiger partial charge in [-0.1, -0.05) is 114 Å². The molecule has 0 spiro atoms. The summed E-state index contributed by atoms with van der Waals surface area (Å²) >= 11 is 0. The summed E-state index contributed by atoms with van der Waals surface area (Å²) < 4.78 is 12.4. The van der Waals surface area contributed by atoms with E-state index in [0.717, 1.165) is 45.6 Å². The molecule has 3 heteroatoms. The number of carbonyl (C=O) groups excluding carboxylic acids is 1. The zero-order valence-corrected chi connectivity index (χ0v) is 31.6. The molecular weight excluding hydrogens is 588 g/mol. The van der Waals surface area contributed by atoms with E-state index in [0.29, 0.717) is 17.2 Å². The van der Waals surface area contributed by atoms with Gasteiger partial charge in [0.2, 0.25) is 0 Å². The van der Waals surface area contributed by atoms with Crippen molar-refractivity contribution in [2.75, 3.05) is 0 Å². The Hall–Kier alpha value is -4.11. The van der Waals surface area contributed by atoms with E-state index in [4.69, 9.17) is 9.47 Å². The molecule has 0 heterocycles. The summed E-state index contributed by atoms with van der Waals surface area (Å²) in [6.07, 6.45) is 5.14. The zero-order chi connectivity index (χ0) is 35.6. The van der Waals surface area contributed by atoms with Crippen LogP contribution in [0.15, 0.2) is 72.8 Å². The third kappa shape index (κ3) is 8.86. The minimum absolute atomic E-state index is 0.132. The minimum atomic E-state index is -0.354. The Morgan fingerprint density at radius 1 is 0.625 bits per heavy atom. The highest BCUT2D eigenvalue weighted by Crippen LogP contribution is 2.43. The first-order valence-corrected chi connectivity index (χ1v) is 17.3. The minimum Gasteiger partial charge on any atom is -0.488 e. The van der Waals surface area contributed by atoms with Crippen LogP contribution in [0, 0.1) is 33.6 Å². The van der Waals surface area contributed by atoms with Crippen molar-refractivity contribution >= 4 is 18.1 Å². The first-order valence-electron chi connectivity index (χ1n) is 17.3. The van der Waals surface area contributed by atoms with E-state index < -0.39 is 0 Å². The number of aryl methyl sites for hydroxylation is 4. The summed E-state index contributed by atoms with van der Waals surface area (Å²) in [4.78, 5) is 13.3. The number of esters is 1. The SMILES string of the molecule is Cc1cc(C(C)(CC(C)C)c2cc(C)c(OC(C)(C)C)c(C)c2)cc(C)c1OC(=O)c1ccc(C=Cc2ccc(C(C)(C)C)cc2)cc1. The van der Waals surface area contributed by atoms with E-state index in [1.165, 1.54) is 16.7 Å². The molecule has 0 fully saturated rings. The van der Waals surface area contributed by atoms with Crippen LogP contribution in [0.1, 0.15) is 129 Å². The predicted molar refractivity (Wildman–Crippen MR) is 204 cm³/mol. The lowest BCUT2D eigenvalue weighted by Crippen LogP contribution is -2.28. The van der Waals surface area contributed by atoms with Gasteiger partial charge in [-0.05, 0) is 128 Å². The fourth-order valence-electron chi connectivity index (χ4n) is 6.55. The first kappa shape index (κ1) is 36.7. The first-order chi connectivity index (χ1) is 22.3. The molecule has 4 rings (SSSR count). The van der Waals surface area contributed by atoms with Gasteiger partial charge in [0.05, 0.1) is 5.56 Å². The van der Waals surface area contributed by atoms with Gasteiger partial charge in [0, 0.05) is 5.41 Å². The summed E-state index contributed by atoms with van der Waals surface area (Å²) in [6, 6.07) is 25.2. The Balaban J connectivity index is 1.56. The highest BCUT2D eigenvalue weighted by molar-refractivity contribution is 5.91. The topological polar surface area (TPSA) is 35.5 Å². The molecule has 0 radical (unpaired) electrons. The van der Waals surface area contributed by atoms with Crippen molar-refractivity contribution in [1.82, 2.24) is 0 Å². The highest BCUT2D eigenvalue weighted by atomic mass is 16.5. The molecule has 0 aliphatic heterocycles. The summed E-state index contributed by atoms with van der Waals surface area (Å²) in [7, 11) is 0. The quantitative estimate of drug-likeness (QED) is 0.103. The summed E-state index contributed by atoms with van der Waals surface area (Å²) in [6.45, 7) is 28.2. The monoisotopic (exact) mass is 644 g/mol.